The van der Waals surface area contributed by atoms with E-state index >= 15 is 0 Å². The van der Waals surface area contributed by atoms with E-state index in [9.17, 15) is 5.39 Å². The van der Waals surface area contributed by atoms with E-state index in [2.05, 4.69) is 18.8 Å². The average Bonchev–Trinajstić information content (AvgIpc) is 2.56. The van der Waals surface area contributed by atoms with Crippen LogP contribution >= 0.6 is 23.4 Å². The van der Waals surface area contributed by atoms with Gasteiger partial charge in [-0.05, 0) is 37.1 Å². The average molecular weight is 364 g/mol. The van der Waals surface area contributed by atoms with Crippen LogP contribution in [0.15, 0.2) is 46.2 Å². The van der Waals surface area contributed by atoms with Crippen LogP contribution in [0.3, 0.4) is 0 Å². The highest BCUT2D eigenvalue weighted by atomic mass is 35.5. The summed E-state index contributed by atoms with van der Waals surface area (Å²) in [5.74, 6) is 1.56. The van der Waals surface area contributed by atoms with Crippen molar-refractivity contribution in [2.75, 3.05) is 13.2 Å². The molecule has 0 bridgehead atoms. The summed E-state index contributed by atoms with van der Waals surface area (Å²) >= 11 is 7.48. The van der Waals surface area contributed by atoms with Gasteiger partial charge in [0.15, 0.2) is 4.98 Å². The van der Waals surface area contributed by atoms with Crippen LogP contribution < -0.4 is 9.47 Å². The van der Waals surface area contributed by atoms with Crippen LogP contribution in [0.2, 0.25) is 5.02 Å². The first-order chi connectivity index (χ1) is 11.5. The molecule has 0 spiro atoms. The van der Waals surface area contributed by atoms with Crippen LogP contribution in [0.1, 0.15) is 20.8 Å². The van der Waals surface area contributed by atoms with Crippen molar-refractivity contribution in [3.63, 3.8) is 0 Å². The Labute approximate surface area is 151 Å². The Morgan fingerprint density at radius 3 is 2.42 bits per heavy atom. The maximum absolute atomic E-state index is 9.26. The Bertz CT molecular complexity index is 727. The molecule has 0 aromatic heterocycles. The molecule has 0 amide bonds. The van der Waals surface area contributed by atoms with Crippen molar-refractivity contribution in [3.8, 4) is 11.5 Å². The van der Waals surface area contributed by atoms with Crippen molar-refractivity contribution in [2.24, 2.45) is 5.92 Å². The summed E-state index contributed by atoms with van der Waals surface area (Å²) in [6, 6.07) is 11.1. The van der Waals surface area contributed by atoms with Crippen LogP contribution in [-0.2, 0) is 0 Å². The van der Waals surface area contributed by atoms with Gasteiger partial charge in [-0.2, -0.15) is 0 Å². The number of hydrogen-bond donors (Lipinski definition) is 0. The summed E-state index contributed by atoms with van der Waals surface area (Å²) in [4.78, 5) is 5.24. The summed E-state index contributed by atoms with van der Waals surface area (Å²) in [6.45, 7) is 7.10. The molecule has 126 valence electrons. The number of hydrogen-bond acceptors (Lipinski definition) is 4. The Morgan fingerprint density at radius 2 is 1.83 bits per heavy atom. The highest BCUT2D eigenvalue weighted by Crippen LogP contribution is 2.43. The van der Waals surface area contributed by atoms with Gasteiger partial charge in [0.2, 0.25) is 11.1 Å². The molecule has 0 aliphatic rings. The molecule has 6 heteroatoms. The first-order valence-electron chi connectivity index (χ1n) is 7.75. The first-order valence-corrected chi connectivity index (χ1v) is 8.95. The van der Waals surface area contributed by atoms with E-state index in [1.807, 2.05) is 37.3 Å². The number of ether oxygens (including phenoxy) is 2. The Balaban J connectivity index is 2.36. The molecule has 0 fully saturated rings. The predicted octanol–water partition coefficient (Wildman–Crippen LogP) is 6.41. The molecule has 4 nitrogen and oxygen atoms in total. The van der Waals surface area contributed by atoms with E-state index in [-0.39, 0.29) is 0 Å². The van der Waals surface area contributed by atoms with E-state index in [0.717, 1.165) is 9.79 Å². The molecule has 0 atom stereocenters. The molecule has 2 aromatic carbocycles. The molecule has 0 unspecified atom stereocenters. The second-order valence-corrected chi connectivity index (χ2v) is 7.11. The van der Waals surface area contributed by atoms with Gasteiger partial charge < -0.3 is 9.47 Å². The number of benzene rings is 2. The monoisotopic (exact) mass is 363 g/mol. The maximum Gasteiger partial charge on any atom is 0.430 e. The fourth-order valence-electron chi connectivity index (χ4n) is 1.96. The number of halogens is 1. The number of diazo groups is 1. The van der Waals surface area contributed by atoms with Crippen molar-refractivity contribution in [1.29, 1.82) is 5.39 Å². The van der Waals surface area contributed by atoms with Gasteiger partial charge in [0.1, 0.15) is 5.75 Å². The van der Waals surface area contributed by atoms with Crippen molar-refractivity contribution >= 4 is 29.1 Å². The molecule has 0 N–H and O–H groups in total. The zero-order chi connectivity index (χ0) is 17.5. The van der Waals surface area contributed by atoms with Gasteiger partial charge in [0.25, 0.3) is 0 Å². The third-order valence-corrected chi connectivity index (χ3v) is 4.35. The minimum absolute atomic E-state index is 0.361. The summed E-state index contributed by atoms with van der Waals surface area (Å²) in [6.07, 6.45) is 0. The Kier molecular flexibility index (Phi) is 6.77. The lowest BCUT2D eigenvalue weighted by Gasteiger charge is -2.12. The third-order valence-electron chi connectivity index (χ3n) is 3.05. The van der Waals surface area contributed by atoms with Crippen molar-refractivity contribution in [3.05, 3.63) is 46.4 Å². The van der Waals surface area contributed by atoms with Gasteiger partial charge >= 0.3 is 5.69 Å². The van der Waals surface area contributed by atoms with Gasteiger partial charge in [0.05, 0.1) is 24.2 Å². The second kappa shape index (κ2) is 8.81. The molecule has 0 aliphatic heterocycles. The number of rotatable bonds is 7. The second-order valence-electron chi connectivity index (χ2n) is 5.56. The molecular weight excluding hydrogens is 344 g/mol. The van der Waals surface area contributed by atoms with Gasteiger partial charge in [-0.3, -0.25) is 0 Å². The standard InChI is InChI=1S/C18H20ClN2O2S/c1-4-22-17-9-15(21-20)16(23-11-12(2)3)10-18(17)24-14-7-5-13(19)6-8-14/h5-10,12H,4,11H2,1-3H3/q+1. The first kappa shape index (κ1) is 18.4. The minimum atomic E-state index is 0.361. The molecule has 2 aromatic rings. The van der Waals surface area contributed by atoms with Crippen molar-refractivity contribution in [1.82, 2.24) is 0 Å². The third kappa shape index (κ3) is 5.05. The molecule has 0 saturated heterocycles. The van der Waals surface area contributed by atoms with E-state index in [0.29, 0.717) is 41.3 Å². The molecule has 0 heterocycles. The summed E-state index contributed by atoms with van der Waals surface area (Å²) in [5.41, 5.74) is 0.361. The molecule has 0 radical (unpaired) electrons. The Hall–Kier alpha value is -1.90. The van der Waals surface area contributed by atoms with E-state index in [4.69, 9.17) is 21.1 Å². The number of nitrogens with zero attached hydrogens (tertiary/aromatic N) is 2. The zero-order valence-corrected chi connectivity index (χ0v) is 15.5. The van der Waals surface area contributed by atoms with Crippen LogP contribution in [0.5, 0.6) is 11.5 Å². The largest absolute Gasteiger partial charge is 0.492 e. The van der Waals surface area contributed by atoms with Gasteiger partial charge in [-0.25, -0.2) is 0 Å². The normalized spacial score (nSPS) is 10.5. The molecule has 0 saturated carbocycles. The Morgan fingerprint density at radius 1 is 1.12 bits per heavy atom. The molecule has 2 rings (SSSR count). The lowest BCUT2D eigenvalue weighted by Crippen LogP contribution is -2.05. The van der Waals surface area contributed by atoms with E-state index < -0.39 is 0 Å². The van der Waals surface area contributed by atoms with Crippen LogP contribution in [0, 0.1) is 11.3 Å². The zero-order valence-electron chi connectivity index (χ0n) is 14.0. The van der Waals surface area contributed by atoms with Crippen LogP contribution in [-0.4, -0.2) is 13.2 Å². The highest BCUT2D eigenvalue weighted by molar-refractivity contribution is 7.99. The van der Waals surface area contributed by atoms with E-state index in [1.54, 1.807) is 17.8 Å². The summed E-state index contributed by atoms with van der Waals surface area (Å²) < 4.78 is 11.5. The molecule has 24 heavy (non-hydrogen) atoms. The summed E-state index contributed by atoms with van der Waals surface area (Å²) in [5, 5.41) is 9.95. The molecule has 0 aliphatic carbocycles. The SMILES string of the molecule is CCOc1cc([N+]#N)c(OCC(C)C)cc1Sc1ccc(Cl)cc1. The fourth-order valence-corrected chi connectivity index (χ4v) is 2.99. The lowest BCUT2D eigenvalue weighted by atomic mass is 10.2. The fraction of sp³-hybridized carbons (Fsp3) is 0.333. The van der Waals surface area contributed by atoms with Gasteiger partial charge in [-0.15, -0.1) is 0 Å². The van der Waals surface area contributed by atoms with Gasteiger partial charge in [-0.1, -0.05) is 37.2 Å². The minimum Gasteiger partial charge on any atom is -0.492 e. The summed E-state index contributed by atoms with van der Waals surface area (Å²) in [7, 11) is 0. The highest BCUT2D eigenvalue weighted by Gasteiger charge is 2.22. The maximum atomic E-state index is 9.26. The lowest BCUT2D eigenvalue weighted by molar-refractivity contribution is 0.271. The molecular formula is C18H20ClN2O2S+. The van der Waals surface area contributed by atoms with Crippen molar-refractivity contribution in [2.45, 2.75) is 30.6 Å². The van der Waals surface area contributed by atoms with Crippen LogP contribution in [0.4, 0.5) is 5.69 Å². The van der Waals surface area contributed by atoms with Crippen LogP contribution in [0.25, 0.3) is 4.98 Å². The quantitative estimate of drug-likeness (QED) is 0.533. The van der Waals surface area contributed by atoms with E-state index in [1.165, 1.54) is 0 Å². The topological polar surface area (TPSA) is 46.6 Å². The smallest absolute Gasteiger partial charge is 0.430 e. The predicted molar refractivity (Wildman–Crippen MR) is 98.3 cm³/mol. The van der Waals surface area contributed by atoms with Gasteiger partial charge in [0, 0.05) is 16.0 Å². The van der Waals surface area contributed by atoms with Crippen molar-refractivity contribution < 1.29 is 9.47 Å².